The van der Waals surface area contributed by atoms with Crippen LogP contribution in [0.25, 0.3) is 6.08 Å². The number of nitrogens with one attached hydrogen (secondary N) is 1. The van der Waals surface area contributed by atoms with E-state index in [0.29, 0.717) is 17.1 Å². The number of imide groups is 1. The van der Waals surface area contributed by atoms with Gasteiger partial charge < -0.3 is 19.5 Å². The molecule has 0 spiro atoms. The molecule has 140 valence electrons. The zero-order chi connectivity index (χ0) is 19.3. The van der Waals surface area contributed by atoms with E-state index in [0.717, 1.165) is 4.90 Å². The van der Waals surface area contributed by atoms with Crippen LogP contribution in [-0.4, -0.2) is 49.7 Å². The number of carbonyl (C=O) groups is 3. The molecule has 1 aliphatic heterocycles. The summed E-state index contributed by atoms with van der Waals surface area (Å²) >= 11 is 0. The maximum Gasteiger partial charge on any atom is 0.329 e. The van der Waals surface area contributed by atoms with Crippen molar-refractivity contribution in [3.05, 3.63) is 29.5 Å². The van der Waals surface area contributed by atoms with Gasteiger partial charge in [-0.15, -0.1) is 0 Å². The molecule has 0 unspecified atom stereocenters. The van der Waals surface area contributed by atoms with Crippen LogP contribution < -0.4 is 14.8 Å². The van der Waals surface area contributed by atoms with Crippen molar-refractivity contribution in [2.24, 2.45) is 0 Å². The summed E-state index contributed by atoms with van der Waals surface area (Å²) in [5.74, 6) is 0.105. The molecule has 1 saturated heterocycles. The van der Waals surface area contributed by atoms with Gasteiger partial charge >= 0.3 is 12.0 Å². The van der Waals surface area contributed by atoms with Gasteiger partial charge in [-0.2, -0.15) is 0 Å². The molecule has 26 heavy (non-hydrogen) atoms. The molecular formula is C18H22N2O6. The van der Waals surface area contributed by atoms with Gasteiger partial charge in [-0.3, -0.25) is 14.5 Å². The predicted octanol–water partition coefficient (Wildman–Crippen LogP) is 1.94. The Bertz CT molecular complexity index is 741. The van der Waals surface area contributed by atoms with E-state index >= 15 is 0 Å². The van der Waals surface area contributed by atoms with Gasteiger partial charge in [-0.1, -0.05) is 6.07 Å². The average molecular weight is 362 g/mol. The second-order valence-electron chi connectivity index (χ2n) is 5.85. The van der Waals surface area contributed by atoms with Crippen molar-refractivity contribution in [1.82, 2.24) is 10.2 Å². The van der Waals surface area contributed by atoms with Crippen molar-refractivity contribution in [1.29, 1.82) is 0 Å². The molecule has 3 amide bonds. The lowest BCUT2D eigenvalue weighted by Gasteiger charge is -2.12. The van der Waals surface area contributed by atoms with Crippen molar-refractivity contribution in [2.75, 3.05) is 20.8 Å². The first-order chi connectivity index (χ1) is 12.3. The third kappa shape index (κ3) is 4.53. The smallest absolute Gasteiger partial charge is 0.329 e. The highest BCUT2D eigenvalue weighted by atomic mass is 16.5. The molecule has 8 nitrogen and oxygen atoms in total. The molecule has 0 atom stereocenters. The molecule has 1 heterocycles. The lowest BCUT2D eigenvalue weighted by molar-refractivity contribution is -0.147. The summed E-state index contributed by atoms with van der Waals surface area (Å²) < 4.78 is 15.4. The number of hydrogen-bond acceptors (Lipinski definition) is 6. The SMILES string of the molecule is COc1ccc(/C=C2/NC(=O)N(CCC(=O)OC(C)C)C2=O)cc1OC. The normalized spacial score (nSPS) is 15.4. The van der Waals surface area contributed by atoms with Crippen LogP contribution in [0.3, 0.4) is 0 Å². The lowest BCUT2D eigenvalue weighted by Crippen LogP contribution is -2.33. The number of amides is 3. The van der Waals surface area contributed by atoms with Crippen molar-refractivity contribution < 1.29 is 28.6 Å². The van der Waals surface area contributed by atoms with E-state index in [1.54, 1.807) is 32.0 Å². The molecule has 1 aliphatic rings. The zero-order valence-electron chi connectivity index (χ0n) is 15.2. The molecule has 0 saturated carbocycles. The highest BCUT2D eigenvalue weighted by Crippen LogP contribution is 2.28. The van der Waals surface area contributed by atoms with E-state index in [1.165, 1.54) is 20.3 Å². The number of esters is 1. The Morgan fingerprint density at radius 3 is 2.50 bits per heavy atom. The van der Waals surface area contributed by atoms with Crippen LogP contribution in [0.2, 0.25) is 0 Å². The first-order valence-corrected chi connectivity index (χ1v) is 8.11. The quantitative estimate of drug-likeness (QED) is 0.453. The Morgan fingerprint density at radius 1 is 1.19 bits per heavy atom. The van der Waals surface area contributed by atoms with Crippen LogP contribution in [0.1, 0.15) is 25.8 Å². The molecule has 2 rings (SSSR count). The van der Waals surface area contributed by atoms with Crippen LogP contribution in [0.15, 0.2) is 23.9 Å². The molecule has 0 aliphatic carbocycles. The Balaban J connectivity index is 2.10. The summed E-state index contributed by atoms with van der Waals surface area (Å²) in [5, 5.41) is 2.51. The third-order valence-electron chi connectivity index (χ3n) is 3.59. The number of nitrogens with zero attached hydrogens (tertiary/aromatic N) is 1. The summed E-state index contributed by atoms with van der Waals surface area (Å²) in [7, 11) is 3.04. The predicted molar refractivity (Wildman–Crippen MR) is 93.6 cm³/mol. The fraction of sp³-hybridized carbons (Fsp3) is 0.389. The number of benzene rings is 1. The van der Waals surface area contributed by atoms with Crippen molar-refractivity contribution in [2.45, 2.75) is 26.4 Å². The van der Waals surface area contributed by atoms with Gasteiger partial charge in [0.2, 0.25) is 0 Å². The molecule has 0 aromatic heterocycles. The van der Waals surface area contributed by atoms with Gasteiger partial charge in [-0.25, -0.2) is 4.79 Å². The first-order valence-electron chi connectivity index (χ1n) is 8.11. The standard InChI is InChI=1S/C18H22N2O6/c1-11(2)26-16(21)7-8-20-17(22)13(19-18(20)23)9-12-5-6-14(24-3)15(10-12)25-4/h5-6,9-11H,7-8H2,1-4H3,(H,19,23)/b13-9+. The Kier molecular flexibility index (Phi) is 6.21. The monoisotopic (exact) mass is 362 g/mol. The fourth-order valence-corrected chi connectivity index (χ4v) is 2.41. The second kappa shape index (κ2) is 8.37. The molecule has 1 fully saturated rings. The second-order valence-corrected chi connectivity index (χ2v) is 5.85. The first kappa shape index (κ1) is 19.3. The van der Waals surface area contributed by atoms with Gasteiger partial charge in [0.05, 0.1) is 26.7 Å². The molecular weight excluding hydrogens is 340 g/mol. The molecule has 8 heteroatoms. The lowest BCUT2D eigenvalue weighted by atomic mass is 10.1. The van der Waals surface area contributed by atoms with Crippen molar-refractivity contribution in [3.63, 3.8) is 0 Å². The Hall–Kier alpha value is -3.03. The molecule has 1 aromatic carbocycles. The minimum Gasteiger partial charge on any atom is -0.493 e. The average Bonchev–Trinajstić information content (AvgIpc) is 2.85. The number of rotatable bonds is 7. The van der Waals surface area contributed by atoms with Gasteiger partial charge in [0.15, 0.2) is 11.5 Å². The van der Waals surface area contributed by atoms with Crippen LogP contribution >= 0.6 is 0 Å². The third-order valence-corrected chi connectivity index (χ3v) is 3.59. The largest absolute Gasteiger partial charge is 0.493 e. The summed E-state index contributed by atoms with van der Waals surface area (Å²) in [5.41, 5.74) is 0.784. The topological polar surface area (TPSA) is 94.2 Å². The van der Waals surface area contributed by atoms with E-state index in [9.17, 15) is 14.4 Å². The Morgan fingerprint density at radius 2 is 1.88 bits per heavy atom. The molecule has 0 bridgehead atoms. The fourth-order valence-electron chi connectivity index (χ4n) is 2.41. The molecule has 0 radical (unpaired) electrons. The number of ether oxygens (including phenoxy) is 3. The van der Waals surface area contributed by atoms with E-state index in [1.807, 2.05) is 0 Å². The number of methoxy groups -OCH3 is 2. The van der Waals surface area contributed by atoms with Crippen LogP contribution in [0.5, 0.6) is 11.5 Å². The van der Waals surface area contributed by atoms with Gasteiger partial charge in [0, 0.05) is 6.54 Å². The summed E-state index contributed by atoms with van der Waals surface area (Å²) in [6.07, 6.45) is 1.24. The van der Waals surface area contributed by atoms with Crippen molar-refractivity contribution >= 4 is 24.0 Å². The highest BCUT2D eigenvalue weighted by molar-refractivity contribution is 6.14. The van der Waals surface area contributed by atoms with E-state index in [-0.39, 0.29) is 24.8 Å². The number of hydrogen-bond donors (Lipinski definition) is 1. The van der Waals surface area contributed by atoms with Gasteiger partial charge in [-0.05, 0) is 37.6 Å². The summed E-state index contributed by atoms with van der Waals surface area (Å²) in [4.78, 5) is 37.0. The minimum absolute atomic E-state index is 0.0422. The number of carbonyl (C=O) groups excluding carboxylic acids is 3. The zero-order valence-corrected chi connectivity index (χ0v) is 15.2. The van der Waals surface area contributed by atoms with Crippen LogP contribution in [0.4, 0.5) is 4.79 Å². The summed E-state index contributed by atoms with van der Waals surface area (Å²) in [6, 6.07) is 4.55. The van der Waals surface area contributed by atoms with E-state index in [4.69, 9.17) is 14.2 Å². The van der Waals surface area contributed by atoms with E-state index < -0.39 is 17.9 Å². The molecule has 1 aromatic rings. The van der Waals surface area contributed by atoms with Gasteiger partial charge in [0.1, 0.15) is 5.70 Å². The van der Waals surface area contributed by atoms with Crippen LogP contribution in [0, 0.1) is 0 Å². The van der Waals surface area contributed by atoms with E-state index in [2.05, 4.69) is 5.32 Å². The molecule has 1 N–H and O–H groups in total. The number of urea groups is 1. The van der Waals surface area contributed by atoms with Crippen LogP contribution in [-0.2, 0) is 14.3 Å². The van der Waals surface area contributed by atoms with Crippen molar-refractivity contribution in [3.8, 4) is 11.5 Å². The highest BCUT2D eigenvalue weighted by Gasteiger charge is 2.33. The maximum atomic E-state index is 12.4. The summed E-state index contributed by atoms with van der Waals surface area (Å²) in [6.45, 7) is 3.42. The maximum absolute atomic E-state index is 12.4. The van der Waals surface area contributed by atoms with Gasteiger partial charge in [0.25, 0.3) is 5.91 Å². The minimum atomic E-state index is -0.570. The Labute approximate surface area is 151 Å².